The molecular formula is C21H22N4O4. The van der Waals surface area contributed by atoms with E-state index in [-0.39, 0.29) is 11.3 Å². The molecule has 1 aromatic carbocycles. The standard InChI is InChI=1S/C21H22N4O4/c1-28-17-9-13(10-18(29-2)19(17)26)11-25-8-5-16-15(12-25)21(27)24-20(23-16)14-3-6-22-7-4-14/h3-4,6-7,9-10,26H,5,8,11-12H2,1-2H3,(H,23,24,27). The molecule has 150 valence electrons. The van der Waals surface area contributed by atoms with Gasteiger partial charge in [0.1, 0.15) is 5.82 Å². The second-order valence-corrected chi connectivity index (χ2v) is 6.89. The number of nitrogens with zero attached hydrogens (tertiary/aromatic N) is 3. The lowest BCUT2D eigenvalue weighted by molar-refractivity contribution is 0.240. The molecule has 1 aliphatic heterocycles. The molecule has 0 atom stereocenters. The molecule has 3 aromatic rings. The lowest BCUT2D eigenvalue weighted by Gasteiger charge is -2.28. The summed E-state index contributed by atoms with van der Waals surface area (Å²) >= 11 is 0. The lowest BCUT2D eigenvalue weighted by Crippen LogP contribution is -2.35. The van der Waals surface area contributed by atoms with Crippen molar-refractivity contribution in [3.05, 3.63) is 63.8 Å². The summed E-state index contributed by atoms with van der Waals surface area (Å²) in [6, 6.07) is 7.21. The maximum atomic E-state index is 12.7. The van der Waals surface area contributed by atoms with Crippen LogP contribution >= 0.6 is 0 Å². The normalized spacial score (nSPS) is 13.7. The van der Waals surface area contributed by atoms with E-state index in [0.29, 0.717) is 42.4 Å². The number of phenolic OH excluding ortho intramolecular Hbond substituents is 1. The van der Waals surface area contributed by atoms with E-state index in [4.69, 9.17) is 9.47 Å². The van der Waals surface area contributed by atoms with Crippen molar-refractivity contribution in [3.63, 3.8) is 0 Å². The number of methoxy groups -OCH3 is 2. The average molecular weight is 394 g/mol. The molecule has 0 fully saturated rings. The first kappa shape index (κ1) is 18.9. The minimum atomic E-state index is -0.118. The maximum Gasteiger partial charge on any atom is 0.255 e. The SMILES string of the molecule is COc1cc(CN2CCc3nc(-c4ccncc4)[nH]c(=O)c3C2)cc(OC)c1O. The van der Waals surface area contributed by atoms with Crippen molar-refractivity contribution in [1.29, 1.82) is 0 Å². The zero-order valence-electron chi connectivity index (χ0n) is 16.3. The summed E-state index contributed by atoms with van der Waals surface area (Å²) in [5.41, 5.74) is 3.17. The Morgan fingerprint density at radius 1 is 1.17 bits per heavy atom. The number of aromatic amines is 1. The smallest absolute Gasteiger partial charge is 0.255 e. The Kier molecular flexibility index (Phi) is 5.18. The molecule has 0 spiro atoms. The third kappa shape index (κ3) is 3.79. The van der Waals surface area contributed by atoms with Crippen LogP contribution in [0.4, 0.5) is 0 Å². The van der Waals surface area contributed by atoms with Gasteiger partial charge in [0.05, 0.1) is 25.5 Å². The number of hydrogen-bond donors (Lipinski definition) is 2. The van der Waals surface area contributed by atoms with Gasteiger partial charge < -0.3 is 19.6 Å². The molecule has 1 aliphatic rings. The Hall–Kier alpha value is -3.39. The highest BCUT2D eigenvalue weighted by Crippen LogP contribution is 2.37. The number of H-pyrrole nitrogens is 1. The van der Waals surface area contributed by atoms with Crippen LogP contribution in [0.1, 0.15) is 16.8 Å². The van der Waals surface area contributed by atoms with Gasteiger partial charge in [0.15, 0.2) is 11.5 Å². The van der Waals surface area contributed by atoms with Crippen molar-refractivity contribution in [2.45, 2.75) is 19.5 Å². The fraction of sp³-hybridized carbons (Fsp3) is 0.286. The molecule has 2 aromatic heterocycles. The summed E-state index contributed by atoms with van der Waals surface area (Å²) in [7, 11) is 3.00. The molecule has 8 nitrogen and oxygen atoms in total. The number of fused-ring (bicyclic) bond motifs is 1. The molecule has 0 aliphatic carbocycles. The predicted molar refractivity (Wildman–Crippen MR) is 107 cm³/mol. The Balaban J connectivity index is 1.58. The Morgan fingerprint density at radius 2 is 1.86 bits per heavy atom. The number of phenols is 1. The number of aromatic hydroxyl groups is 1. The minimum Gasteiger partial charge on any atom is -0.502 e. The summed E-state index contributed by atoms with van der Waals surface area (Å²) in [6.45, 7) is 1.86. The summed E-state index contributed by atoms with van der Waals surface area (Å²) in [6.07, 6.45) is 4.04. The van der Waals surface area contributed by atoms with Crippen molar-refractivity contribution in [2.75, 3.05) is 20.8 Å². The Labute approximate surface area is 167 Å². The Bertz CT molecular complexity index is 1060. The van der Waals surface area contributed by atoms with Crippen LogP contribution < -0.4 is 15.0 Å². The van der Waals surface area contributed by atoms with Gasteiger partial charge in [-0.3, -0.25) is 14.7 Å². The molecule has 29 heavy (non-hydrogen) atoms. The van der Waals surface area contributed by atoms with Gasteiger partial charge in [-0.25, -0.2) is 4.98 Å². The molecule has 0 saturated carbocycles. The first-order valence-corrected chi connectivity index (χ1v) is 9.27. The van der Waals surface area contributed by atoms with E-state index in [1.165, 1.54) is 14.2 Å². The van der Waals surface area contributed by atoms with Gasteiger partial charge in [0.25, 0.3) is 5.56 Å². The number of ether oxygens (including phenoxy) is 2. The topological polar surface area (TPSA) is 101 Å². The van der Waals surface area contributed by atoms with E-state index >= 15 is 0 Å². The zero-order chi connectivity index (χ0) is 20.4. The molecule has 3 heterocycles. The molecule has 0 bridgehead atoms. The third-order valence-electron chi connectivity index (χ3n) is 5.05. The van der Waals surface area contributed by atoms with E-state index in [1.54, 1.807) is 24.5 Å². The van der Waals surface area contributed by atoms with Gasteiger partial charge in [-0.05, 0) is 29.8 Å². The van der Waals surface area contributed by atoms with Crippen LogP contribution in [-0.4, -0.2) is 45.7 Å². The molecule has 0 amide bonds. The van der Waals surface area contributed by atoms with Crippen molar-refractivity contribution in [3.8, 4) is 28.6 Å². The molecule has 0 unspecified atom stereocenters. The monoisotopic (exact) mass is 394 g/mol. The number of rotatable bonds is 5. The molecule has 8 heteroatoms. The molecular weight excluding hydrogens is 372 g/mol. The highest BCUT2D eigenvalue weighted by Gasteiger charge is 2.22. The van der Waals surface area contributed by atoms with E-state index in [1.807, 2.05) is 12.1 Å². The number of benzene rings is 1. The molecule has 0 radical (unpaired) electrons. The number of aromatic nitrogens is 3. The molecule has 4 rings (SSSR count). The van der Waals surface area contributed by atoms with Crippen LogP contribution in [0.25, 0.3) is 11.4 Å². The second-order valence-electron chi connectivity index (χ2n) is 6.89. The fourth-order valence-corrected chi connectivity index (χ4v) is 3.56. The fourth-order valence-electron chi connectivity index (χ4n) is 3.56. The highest BCUT2D eigenvalue weighted by atomic mass is 16.5. The number of pyridine rings is 1. The number of nitrogens with one attached hydrogen (secondary N) is 1. The van der Waals surface area contributed by atoms with Gasteiger partial charge in [-0.2, -0.15) is 0 Å². The van der Waals surface area contributed by atoms with Crippen molar-refractivity contribution < 1.29 is 14.6 Å². The lowest BCUT2D eigenvalue weighted by atomic mass is 10.0. The third-order valence-corrected chi connectivity index (χ3v) is 5.05. The Morgan fingerprint density at radius 3 is 2.52 bits per heavy atom. The average Bonchev–Trinajstić information content (AvgIpc) is 2.75. The van der Waals surface area contributed by atoms with Gasteiger partial charge in [-0.15, -0.1) is 0 Å². The predicted octanol–water partition coefficient (Wildman–Crippen LogP) is 2.11. The van der Waals surface area contributed by atoms with E-state index in [9.17, 15) is 9.90 Å². The molecule has 2 N–H and O–H groups in total. The first-order valence-electron chi connectivity index (χ1n) is 9.27. The quantitative estimate of drug-likeness (QED) is 0.684. The van der Waals surface area contributed by atoms with E-state index in [0.717, 1.165) is 23.4 Å². The van der Waals surface area contributed by atoms with Gasteiger partial charge in [0.2, 0.25) is 5.75 Å². The van der Waals surface area contributed by atoms with Gasteiger partial charge in [0, 0.05) is 44.0 Å². The van der Waals surface area contributed by atoms with Crippen LogP contribution in [0.15, 0.2) is 41.5 Å². The van der Waals surface area contributed by atoms with Crippen LogP contribution in [0.2, 0.25) is 0 Å². The van der Waals surface area contributed by atoms with Gasteiger partial charge >= 0.3 is 0 Å². The van der Waals surface area contributed by atoms with Gasteiger partial charge in [-0.1, -0.05) is 0 Å². The maximum absolute atomic E-state index is 12.7. The van der Waals surface area contributed by atoms with Crippen molar-refractivity contribution in [2.24, 2.45) is 0 Å². The van der Waals surface area contributed by atoms with Crippen molar-refractivity contribution in [1.82, 2.24) is 19.9 Å². The number of hydrogen-bond acceptors (Lipinski definition) is 7. The highest BCUT2D eigenvalue weighted by molar-refractivity contribution is 5.54. The largest absolute Gasteiger partial charge is 0.502 e. The summed E-state index contributed by atoms with van der Waals surface area (Å²) in [5, 5.41) is 10.1. The first-order chi connectivity index (χ1) is 14.1. The van der Waals surface area contributed by atoms with Crippen LogP contribution in [0.5, 0.6) is 17.2 Å². The van der Waals surface area contributed by atoms with E-state index in [2.05, 4.69) is 19.9 Å². The van der Waals surface area contributed by atoms with Crippen LogP contribution in [-0.2, 0) is 19.5 Å². The summed E-state index contributed by atoms with van der Waals surface area (Å²) in [4.78, 5) is 26.4. The van der Waals surface area contributed by atoms with Crippen LogP contribution in [0, 0.1) is 0 Å². The van der Waals surface area contributed by atoms with Crippen LogP contribution in [0.3, 0.4) is 0 Å². The summed E-state index contributed by atoms with van der Waals surface area (Å²) in [5.74, 6) is 1.26. The molecule has 0 saturated heterocycles. The van der Waals surface area contributed by atoms with E-state index < -0.39 is 0 Å². The minimum absolute atomic E-state index is 0.0213. The zero-order valence-corrected chi connectivity index (χ0v) is 16.3. The second kappa shape index (κ2) is 7.92. The van der Waals surface area contributed by atoms with Crippen molar-refractivity contribution >= 4 is 0 Å². The summed E-state index contributed by atoms with van der Waals surface area (Å²) < 4.78 is 10.5.